The van der Waals surface area contributed by atoms with Gasteiger partial charge in [-0.1, -0.05) is 50.2 Å². The number of quaternary nitrogens is 1. The lowest BCUT2D eigenvalue weighted by molar-refractivity contribution is -0.929. The van der Waals surface area contributed by atoms with Gasteiger partial charge in [0.2, 0.25) is 5.91 Å². The summed E-state index contributed by atoms with van der Waals surface area (Å²) in [5.74, 6) is -3.29. The molecule has 0 saturated carbocycles. The smallest absolute Gasteiger partial charge is 0.475 e. The topological polar surface area (TPSA) is 136 Å². The number of aromatic hydroxyl groups is 1. The van der Waals surface area contributed by atoms with Crippen molar-refractivity contribution in [3.8, 4) is 5.75 Å². The molecule has 10 heteroatoms. The molecule has 1 aliphatic heterocycles. The van der Waals surface area contributed by atoms with Crippen LogP contribution in [0.2, 0.25) is 0 Å². The number of hydrogen-bond donors (Lipinski definition) is 5. The number of hydrogen-bond acceptors (Lipinski definition) is 6. The van der Waals surface area contributed by atoms with Gasteiger partial charge >= 0.3 is 13.1 Å². The average Bonchev–Trinajstić information content (AvgIpc) is 2.82. The molecule has 35 heavy (non-hydrogen) atoms. The van der Waals surface area contributed by atoms with E-state index in [1.165, 1.54) is 23.8 Å². The molecule has 1 amide bonds. The number of likely N-dealkylation sites (N-methyl/N-ethyl adjacent to an activating group) is 1. The summed E-state index contributed by atoms with van der Waals surface area (Å²) < 4.78 is 6.35. The molecule has 0 spiro atoms. The highest BCUT2D eigenvalue weighted by atomic mass is 16.5. The third-order valence-corrected chi connectivity index (χ3v) is 6.00. The SMILES string of the molecule is CC.C[N+]1(Cc2ccc(CC(=O)N[C@@H](Cc3cccc(C(=O)O)c3O)B(O)O)cc2)CCOCC1. The number of carbonyl (C=O) groups excluding carboxylic acids is 1. The van der Waals surface area contributed by atoms with Gasteiger partial charge < -0.3 is 34.8 Å². The first-order valence-electron chi connectivity index (χ1n) is 11.9. The van der Waals surface area contributed by atoms with Gasteiger partial charge in [0, 0.05) is 5.56 Å². The van der Waals surface area contributed by atoms with Crippen LogP contribution >= 0.6 is 0 Å². The first-order valence-corrected chi connectivity index (χ1v) is 11.9. The minimum absolute atomic E-state index is 0.0462. The molecule has 0 aromatic heterocycles. The van der Waals surface area contributed by atoms with Crippen LogP contribution in [0.5, 0.6) is 5.75 Å². The zero-order valence-electron chi connectivity index (χ0n) is 20.6. The van der Waals surface area contributed by atoms with Crippen LogP contribution in [0.25, 0.3) is 0 Å². The average molecular weight is 487 g/mol. The summed E-state index contributed by atoms with van der Waals surface area (Å²) in [5.41, 5.74) is 1.85. The summed E-state index contributed by atoms with van der Waals surface area (Å²) in [6.07, 6.45) is -0.0971. The molecule has 5 N–H and O–H groups in total. The molecule has 0 radical (unpaired) electrons. The highest BCUT2D eigenvalue weighted by molar-refractivity contribution is 6.43. The molecular weight excluding hydrogens is 451 g/mol. The van der Waals surface area contributed by atoms with Crippen LogP contribution in [0.1, 0.15) is 40.9 Å². The first kappa shape index (κ1) is 28.3. The van der Waals surface area contributed by atoms with Gasteiger partial charge in [-0.2, -0.15) is 0 Å². The predicted molar refractivity (Wildman–Crippen MR) is 133 cm³/mol. The van der Waals surface area contributed by atoms with Gasteiger partial charge in [0.05, 0.1) is 32.6 Å². The molecule has 0 bridgehead atoms. The van der Waals surface area contributed by atoms with Gasteiger partial charge in [0.15, 0.2) is 0 Å². The quantitative estimate of drug-likeness (QED) is 0.266. The number of nitrogens with one attached hydrogen (secondary N) is 1. The van der Waals surface area contributed by atoms with Crippen molar-refractivity contribution >= 4 is 19.0 Å². The third kappa shape index (κ3) is 8.36. The molecule has 1 aliphatic rings. The second-order valence-electron chi connectivity index (χ2n) is 8.74. The fourth-order valence-electron chi connectivity index (χ4n) is 3.98. The van der Waals surface area contributed by atoms with Crippen LogP contribution in [-0.4, -0.2) is 83.0 Å². The monoisotopic (exact) mass is 487 g/mol. The van der Waals surface area contributed by atoms with Crippen molar-refractivity contribution in [3.05, 3.63) is 64.7 Å². The van der Waals surface area contributed by atoms with E-state index in [0.29, 0.717) is 0 Å². The Kier molecular flexibility index (Phi) is 10.7. The van der Waals surface area contributed by atoms with Crippen molar-refractivity contribution in [1.29, 1.82) is 0 Å². The fourth-order valence-corrected chi connectivity index (χ4v) is 3.98. The maximum atomic E-state index is 12.5. The Balaban J connectivity index is 0.00000210. The van der Waals surface area contributed by atoms with Gasteiger partial charge in [-0.25, -0.2) is 4.79 Å². The largest absolute Gasteiger partial charge is 0.507 e. The van der Waals surface area contributed by atoms with Crippen molar-refractivity contribution in [2.75, 3.05) is 33.4 Å². The van der Waals surface area contributed by atoms with Crippen molar-refractivity contribution in [1.82, 2.24) is 5.32 Å². The van der Waals surface area contributed by atoms with Gasteiger partial charge in [0.25, 0.3) is 0 Å². The van der Waals surface area contributed by atoms with Crippen LogP contribution in [0.15, 0.2) is 42.5 Å². The molecule has 2 aromatic carbocycles. The van der Waals surface area contributed by atoms with Crippen molar-refractivity contribution in [2.45, 2.75) is 39.2 Å². The van der Waals surface area contributed by atoms with Crippen molar-refractivity contribution in [2.24, 2.45) is 0 Å². The van der Waals surface area contributed by atoms with E-state index in [1.54, 1.807) is 0 Å². The van der Waals surface area contributed by atoms with E-state index >= 15 is 0 Å². The molecule has 190 valence electrons. The minimum atomic E-state index is -1.89. The fraction of sp³-hybridized carbons (Fsp3) is 0.440. The Bertz CT molecular complexity index is 976. The number of ether oxygens (including phenoxy) is 1. The summed E-state index contributed by atoms with van der Waals surface area (Å²) in [6, 6.07) is 11.9. The number of morpholine rings is 1. The number of para-hydroxylation sites is 1. The zero-order valence-corrected chi connectivity index (χ0v) is 20.6. The summed E-state index contributed by atoms with van der Waals surface area (Å²) in [7, 11) is 0.316. The molecule has 1 fully saturated rings. The summed E-state index contributed by atoms with van der Waals surface area (Å²) >= 11 is 0. The molecule has 1 atom stereocenters. The number of rotatable bonds is 9. The minimum Gasteiger partial charge on any atom is -0.507 e. The Labute approximate surface area is 206 Å². The highest BCUT2D eigenvalue weighted by Gasteiger charge is 2.28. The van der Waals surface area contributed by atoms with Crippen LogP contribution in [0.4, 0.5) is 0 Å². The zero-order chi connectivity index (χ0) is 26.0. The number of carboxylic acid groups (broad SMARTS) is 1. The van der Waals surface area contributed by atoms with E-state index in [4.69, 9.17) is 9.84 Å². The second kappa shape index (κ2) is 13.2. The lowest BCUT2D eigenvalue weighted by Gasteiger charge is -2.37. The molecular formula is C25H36BN2O7+. The number of benzene rings is 2. The Hall–Kier alpha value is -2.92. The van der Waals surface area contributed by atoms with Gasteiger partial charge in [-0.15, -0.1) is 0 Å². The third-order valence-electron chi connectivity index (χ3n) is 6.00. The molecule has 2 aromatic rings. The summed E-state index contributed by atoms with van der Waals surface area (Å²) in [6.45, 7) is 8.31. The maximum absolute atomic E-state index is 12.5. The van der Waals surface area contributed by atoms with Crippen LogP contribution in [0.3, 0.4) is 0 Å². The van der Waals surface area contributed by atoms with Gasteiger partial charge in [-0.05, 0) is 23.6 Å². The Morgan fingerprint density at radius 3 is 2.23 bits per heavy atom. The normalized spacial score (nSPS) is 15.3. The first-order chi connectivity index (χ1) is 16.7. The van der Waals surface area contributed by atoms with E-state index < -0.39 is 30.7 Å². The van der Waals surface area contributed by atoms with E-state index in [0.717, 1.165) is 42.9 Å². The number of aromatic carboxylic acids is 1. The molecule has 1 heterocycles. The lowest BCUT2D eigenvalue weighted by atomic mass is 9.75. The number of phenols is 1. The van der Waals surface area contributed by atoms with E-state index in [2.05, 4.69) is 12.4 Å². The number of nitrogens with zero attached hydrogens (tertiary/aromatic N) is 1. The van der Waals surface area contributed by atoms with Gasteiger partial charge in [-0.3, -0.25) is 4.79 Å². The molecule has 0 unspecified atom stereocenters. The summed E-state index contributed by atoms with van der Waals surface area (Å²) in [4.78, 5) is 23.7. The molecule has 0 aliphatic carbocycles. The number of amides is 1. The van der Waals surface area contributed by atoms with Crippen molar-refractivity contribution < 1.29 is 39.1 Å². The van der Waals surface area contributed by atoms with Gasteiger partial charge in [0.1, 0.15) is 30.9 Å². The van der Waals surface area contributed by atoms with Crippen LogP contribution < -0.4 is 5.32 Å². The summed E-state index contributed by atoms with van der Waals surface area (Å²) in [5, 5.41) is 41.3. The van der Waals surface area contributed by atoms with Crippen molar-refractivity contribution in [3.63, 3.8) is 0 Å². The van der Waals surface area contributed by atoms with E-state index in [-0.39, 0.29) is 24.0 Å². The van der Waals surface area contributed by atoms with E-state index in [9.17, 15) is 24.7 Å². The Morgan fingerprint density at radius 2 is 1.66 bits per heavy atom. The van der Waals surface area contributed by atoms with Crippen LogP contribution in [-0.2, 0) is 28.9 Å². The lowest BCUT2D eigenvalue weighted by Crippen LogP contribution is -2.51. The number of carbonyl (C=O) groups is 2. The second-order valence-corrected chi connectivity index (χ2v) is 8.74. The Morgan fingerprint density at radius 1 is 1.06 bits per heavy atom. The highest BCUT2D eigenvalue weighted by Crippen LogP contribution is 2.24. The molecule has 3 rings (SSSR count). The molecule has 9 nitrogen and oxygen atoms in total. The number of carboxylic acids is 1. The molecule has 1 saturated heterocycles. The van der Waals surface area contributed by atoms with Crippen LogP contribution in [0, 0.1) is 0 Å². The standard InChI is InChI=1S/C23H29BN2O7.C2H6/c1-26(9-11-33-12-10-26)15-17-7-5-16(6-8-17)13-21(27)25-20(24(31)32)14-18-3-2-4-19(22(18)28)23(29)30;1-2/h2-8,20,31-32H,9-15H2,1H3,(H2-,25,27,28,29,30);1-2H3/p+1/t20-;/m0./s1. The maximum Gasteiger partial charge on any atom is 0.475 e. The predicted octanol–water partition coefficient (Wildman–Crippen LogP) is 1.38. The van der Waals surface area contributed by atoms with E-state index in [1.807, 2.05) is 38.1 Å².